The van der Waals surface area contributed by atoms with Crippen LogP contribution in [0.2, 0.25) is 0 Å². The number of carbonyl (C=O) groups excluding carboxylic acids is 2. The molecule has 0 atom stereocenters. The third kappa shape index (κ3) is 3.28. The molecular weight excluding hydrogens is 469 g/mol. The van der Waals surface area contributed by atoms with Gasteiger partial charge in [-0.15, -0.1) is 11.3 Å². The summed E-state index contributed by atoms with van der Waals surface area (Å²) in [6.07, 6.45) is 1.60. The van der Waals surface area contributed by atoms with E-state index in [-0.39, 0.29) is 21.9 Å². The van der Waals surface area contributed by atoms with Gasteiger partial charge in [-0.3, -0.25) is 19.4 Å². The first kappa shape index (κ1) is 22.4. The van der Waals surface area contributed by atoms with E-state index in [4.69, 9.17) is 12.2 Å². The Hall–Kier alpha value is -3.36. The highest BCUT2D eigenvalue weighted by atomic mass is 32.1. The normalized spacial score (nSPS) is 17.1. The van der Waals surface area contributed by atoms with Gasteiger partial charge >= 0.3 is 0 Å². The number of nitrogens with zero attached hydrogens (tertiary/aromatic N) is 3. The highest BCUT2D eigenvalue weighted by molar-refractivity contribution is 7.80. The number of benzene rings is 2. The van der Waals surface area contributed by atoms with Crippen LogP contribution in [0, 0.1) is 5.82 Å². The molecule has 5 rings (SSSR count). The fourth-order valence-electron chi connectivity index (χ4n) is 4.58. The molecule has 2 amide bonds. The maximum absolute atomic E-state index is 14.4. The standard InChI is InChI=1S/C26H22FN3O2S2/c1-26(2)18-7-5-6-8-20(18)30(21-13-15(27)9-11-19(21)26)22-12-10-16(34-22)14-17-23(31)28(3)25(33)29(4)24(17)32/h5-14H,1-4H3. The molecule has 1 saturated heterocycles. The van der Waals surface area contributed by atoms with Crippen LogP contribution in [0.5, 0.6) is 0 Å². The first-order chi connectivity index (χ1) is 16.1. The molecule has 0 N–H and O–H groups in total. The predicted molar refractivity (Wildman–Crippen MR) is 137 cm³/mol. The van der Waals surface area contributed by atoms with Crippen molar-refractivity contribution in [3.05, 3.63) is 82.0 Å². The van der Waals surface area contributed by atoms with Gasteiger partial charge in [-0.05, 0) is 59.8 Å². The van der Waals surface area contributed by atoms with E-state index in [1.165, 1.54) is 27.2 Å². The predicted octanol–water partition coefficient (Wildman–Crippen LogP) is 5.60. The zero-order valence-electron chi connectivity index (χ0n) is 19.1. The molecule has 34 heavy (non-hydrogen) atoms. The van der Waals surface area contributed by atoms with Crippen LogP contribution in [0.3, 0.4) is 0 Å². The van der Waals surface area contributed by atoms with E-state index in [1.807, 2.05) is 41.3 Å². The molecule has 0 radical (unpaired) electrons. The summed E-state index contributed by atoms with van der Waals surface area (Å²) in [6, 6.07) is 16.8. The van der Waals surface area contributed by atoms with Crippen LogP contribution in [-0.2, 0) is 15.0 Å². The number of thiocarbonyl (C=S) groups is 1. The van der Waals surface area contributed by atoms with Gasteiger partial charge in [0.2, 0.25) is 0 Å². The number of rotatable bonds is 2. The van der Waals surface area contributed by atoms with Crippen molar-refractivity contribution in [2.75, 3.05) is 19.0 Å². The fourth-order valence-corrected chi connectivity index (χ4v) is 5.73. The zero-order chi connectivity index (χ0) is 24.4. The van der Waals surface area contributed by atoms with Crippen molar-refractivity contribution in [3.8, 4) is 0 Å². The number of likely N-dealkylation sites (N-methyl/N-ethyl adjacent to an activating group) is 2. The van der Waals surface area contributed by atoms with Gasteiger partial charge in [0.25, 0.3) is 11.8 Å². The molecule has 2 aliphatic heterocycles. The van der Waals surface area contributed by atoms with E-state index in [0.717, 1.165) is 32.4 Å². The lowest BCUT2D eigenvalue weighted by Crippen LogP contribution is -2.52. The Balaban J connectivity index is 1.62. The van der Waals surface area contributed by atoms with Crippen LogP contribution in [0.1, 0.15) is 29.9 Å². The first-order valence-corrected chi connectivity index (χ1v) is 11.9. The van der Waals surface area contributed by atoms with Crippen LogP contribution in [0.25, 0.3) is 6.08 Å². The maximum atomic E-state index is 14.4. The number of hydrogen-bond acceptors (Lipinski definition) is 5. The molecule has 1 aromatic heterocycles. The minimum atomic E-state index is -0.430. The quantitative estimate of drug-likeness (QED) is 0.266. The number of hydrogen-bond donors (Lipinski definition) is 0. The molecule has 0 aliphatic carbocycles. The third-order valence-electron chi connectivity index (χ3n) is 6.46. The van der Waals surface area contributed by atoms with Gasteiger partial charge in [-0.2, -0.15) is 0 Å². The smallest absolute Gasteiger partial charge is 0.265 e. The van der Waals surface area contributed by atoms with E-state index in [2.05, 4.69) is 19.9 Å². The molecule has 2 aliphatic rings. The van der Waals surface area contributed by atoms with Crippen molar-refractivity contribution in [2.45, 2.75) is 19.3 Å². The summed E-state index contributed by atoms with van der Waals surface area (Å²) in [4.78, 5) is 30.8. The summed E-state index contributed by atoms with van der Waals surface area (Å²) < 4.78 is 14.4. The minimum absolute atomic E-state index is 0.0543. The summed E-state index contributed by atoms with van der Waals surface area (Å²) >= 11 is 6.59. The lowest BCUT2D eigenvalue weighted by Gasteiger charge is -2.41. The molecule has 0 spiro atoms. The third-order valence-corrected chi connectivity index (χ3v) is 8.02. The van der Waals surface area contributed by atoms with Crippen LogP contribution in [-0.4, -0.2) is 40.8 Å². The molecule has 2 aromatic carbocycles. The summed E-state index contributed by atoms with van der Waals surface area (Å²) in [5.41, 5.74) is 3.67. The van der Waals surface area contributed by atoms with E-state index in [1.54, 1.807) is 26.2 Å². The highest BCUT2D eigenvalue weighted by Crippen LogP contribution is 2.53. The molecule has 172 valence electrons. The molecular formula is C26H22FN3O2S2. The summed E-state index contributed by atoms with van der Waals surface area (Å²) in [5, 5.41) is 1.03. The molecule has 0 saturated carbocycles. The number of para-hydroxylation sites is 1. The summed E-state index contributed by atoms with van der Waals surface area (Å²) in [7, 11) is 3.11. The van der Waals surface area contributed by atoms with E-state index >= 15 is 0 Å². The second-order valence-electron chi connectivity index (χ2n) is 8.88. The second kappa shape index (κ2) is 7.85. The highest BCUT2D eigenvalue weighted by Gasteiger charge is 2.38. The van der Waals surface area contributed by atoms with Gasteiger partial charge in [0.05, 0.1) is 11.4 Å². The Bertz CT molecular complexity index is 1380. The Morgan fingerprint density at radius 1 is 0.912 bits per heavy atom. The van der Waals surface area contributed by atoms with Crippen molar-refractivity contribution in [3.63, 3.8) is 0 Å². The van der Waals surface area contributed by atoms with Crippen molar-refractivity contribution in [1.82, 2.24) is 9.80 Å². The van der Waals surface area contributed by atoms with Crippen LogP contribution < -0.4 is 4.90 Å². The number of halogens is 1. The SMILES string of the molecule is CN1C(=O)C(=Cc2ccc(N3c4ccccc4C(C)(C)c4ccc(F)cc43)s2)C(=O)N(C)C1=S. The van der Waals surface area contributed by atoms with Crippen molar-refractivity contribution < 1.29 is 14.0 Å². The Kier molecular flexibility index (Phi) is 5.18. The number of thiophene rings is 1. The number of amides is 2. The number of fused-ring (bicyclic) bond motifs is 2. The lowest BCUT2D eigenvalue weighted by molar-refractivity contribution is -0.132. The largest absolute Gasteiger partial charge is 0.301 e. The fraction of sp³-hybridized carbons (Fsp3) is 0.192. The molecule has 0 bridgehead atoms. The summed E-state index contributed by atoms with van der Waals surface area (Å²) in [5.74, 6) is -1.17. The molecule has 0 unspecified atom stereocenters. The van der Waals surface area contributed by atoms with Gasteiger partial charge in [0, 0.05) is 24.4 Å². The van der Waals surface area contributed by atoms with Crippen molar-refractivity contribution in [1.29, 1.82) is 0 Å². The monoisotopic (exact) mass is 491 g/mol. The van der Waals surface area contributed by atoms with Gasteiger partial charge in [0.1, 0.15) is 16.4 Å². The average Bonchev–Trinajstić information content (AvgIpc) is 3.27. The topological polar surface area (TPSA) is 43.9 Å². The van der Waals surface area contributed by atoms with E-state index in [9.17, 15) is 14.0 Å². The Labute approximate surface area is 206 Å². The number of carbonyl (C=O) groups is 2. The Morgan fingerprint density at radius 3 is 2.26 bits per heavy atom. The second-order valence-corrected chi connectivity index (χ2v) is 10.3. The van der Waals surface area contributed by atoms with Gasteiger partial charge in [-0.25, -0.2) is 4.39 Å². The van der Waals surface area contributed by atoms with Crippen LogP contribution >= 0.6 is 23.6 Å². The van der Waals surface area contributed by atoms with Gasteiger partial charge in [-0.1, -0.05) is 38.1 Å². The molecule has 1 fully saturated rings. The lowest BCUT2D eigenvalue weighted by atomic mass is 9.74. The molecule has 3 heterocycles. The van der Waals surface area contributed by atoms with Gasteiger partial charge < -0.3 is 4.90 Å². The Morgan fingerprint density at radius 2 is 1.56 bits per heavy atom. The van der Waals surface area contributed by atoms with Crippen molar-refractivity contribution >= 4 is 62.9 Å². The molecule has 3 aromatic rings. The van der Waals surface area contributed by atoms with Gasteiger partial charge in [0.15, 0.2) is 5.11 Å². The van der Waals surface area contributed by atoms with Crippen molar-refractivity contribution in [2.24, 2.45) is 0 Å². The van der Waals surface area contributed by atoms with Crippen LogP contribution in [0.15, 0.2) is 60.2 Å². The van der Waals surface area contributed by atoms with Crippen LogP contribution in [0.4, 0.5) is 20.8 Å². The summed E-state index contributed by atoms with van der Waals surface area (Å²) in [6.45, 7) is 4.28. The zero-order valence-corrected chi connectivity index (χ0v) is 20.8. The maximum Gasteiger partial charge on any atom is 0.265 e. The molecule has 5 nitrogen and oxygen atoms in total. The first-order valence-electron chi connectivity index (χ1n) is 10.7. The number of anilines is 3. The minimum Gasteiger partial charge on any atom is -0.301 e. The van der Waals surface area contributed by atoms with E-state index < -0.39 is 11.8 Å². The molecule has 8 heteroatoms. The van der Waals surface area contributed by atoms with E-state index in [0.29, 0.717) is 0 Å². The average molecular weight is 492 g/mol.